The quantitative estimate of drug-likeness (QED) is 0.309. The van der Waals surface area contributed by atoms with E-state index in [0.29, 0.717) is 0 Å². The van der Waals surface area contributed by atoms with E-state index < -0.39 is 10.4 Å². The van der Waals surface area contributed by atoms with Crippen molar-refractivity contribution in [2.24, 2.45) is 0 Å². The fraction of sp³-hybridized carbons (Fsp3) is 0. The van der Waals surface area contributed by atoms with Crippen LogP contribution in [0.4, 0.5) is 0 Å². The first-order valence-corrected chi connectivity index (χ1v) is 2.90. The van der Waals surface area contributed by atoms with Gasteiger partial charge in [-0.3, -0.25) is 0 Å². The molecule has 0 saturated carbocycles. The molecule has 7 heteroatoms. The Morgan fingerprint density at radius 2 is 2.14 bits per heavy atom. The topological polar surface area (TPSA) is 75.6 Å². The molecule has 0 aliphatic carbocycles. The minimum atomic E-state index is -4.38. The third-order valence-electron chi connectivity index (χ3n) is 0.132. The standard InChI is InChI=1S/H2NO4S.Ni/c1-5-6(2,3)4;/h1H,(H,2,3,4);/q-1;+1. The van der Waals surface area contributed by atoms with Gasteiger partial charge in [0.2, 0.25) is 0 Å². The van der Waals surface area contributed by atoms with Crippen molar-refractivity contribution in [1.29, 1.82) is 0 Å². The molecule has 0 heterocycles. The molecular weight excluding hydrogens is 169 g/mol. The van der Waals surface area contributed by atoms with Gasteiger partial charge in [-0.1, -0.05) is 0 Å². The van der Waals surface area contributed by atoms with Gasteiger partial charge >= 0.3 is 47.9 Å². The van der Waals surface area contributed by atoms with Crippen LogP contribution in [-0.4, -0.2) is 13.0 Å². The number of rotatable bonds is 2. The Morgan fingerprint density at radius 3 is 2.14 bits per heavy atom. The van der Waals surface area contributed by atoms with Crippen molar-refractivity contribution in [2.45, 2.75) is 0 Å². The molecule has 0 aliphatic heterocycles. The van der Waals surface area contributed by atoms with E-state index in [9.17, 15) is 8.42 Å². The molecule has 7 heavy (non-hydrogen) atoms. The Balaban J connectivity index is 3.60. The van der Waals surface area contributed by atoms with E-state index in [1.54, 1.807) is 0 Å². The van der Waals surface area contributed by atoms with Crippen LogP contribution in [0.15, 0.2) is 0 Å². The summed E-state index contributed by atoms with van der Waals surface area (Å²) in [5.41, 5.74) is 0. The first-order chi connectivity index (χ1) is 3.06. The van der Waals surface area contributed by atoms with Gasteiger partial charge < -0.3 is 0 Å². The molecule has 0 atom stereocenters. The molecule has 0 spiro atoms. The summed E-state index contributed by atoms with van der Waals surface area (Å²) in [5.74, 6) is 0. The predicted octanol–water partition coefficient (Wildman–Crippen LogP) is -1.23. The second kappa shape index (κ2) is 2.59. The van der Waals surface area contributed by atoms with Gasteiger partial charge in [0.15, 0.2) is 0 Å². The van der Waals surface area contributed by atoms with E-state index in [2.05, 4.69) is 20.0 Å². The van der Waals surface area contributed by atoms with E-state index in [1.807, 2.05) is 0 Å². The van der Waals surface area contributed by atoms with E-state index >= 15 is 0 Å². The second-order valence-corrected chi connectivity index (χ2v) is 1.80. The molecule has 0 aromatic rings. The molecule has 0 aromatic heterocycles. The van der Waals surface area contributed by atoms with Gasteiger partial charge in [0.05, 0.1) is 0 Å². The van der Waals surface area contributed by atoms with Crippen LogP contribution in [0.3, 0.4) is 0 Å². The maximum absolute atomic E-state index is 9.44. The van der Waals surface area contributed by atoms with Gasteiger partial charge in [-0.2, -0.15) is 0 Å². The van der Waals surface area contributed by atoms with Crippen molar-refractivity contribution in [1.82, 2.24) is 4.56 Å². The van der Waals surface area contributed by atoms with Crippen LogP contribution in [0, 0.1) is 0 Å². The van der Waals surface area contributed by atoms with Crippen molar-refractivity contribution < 1.29 is 32.9 Å². The molecule has 47 valence electrons. The first-order valence-electron chi connectivity index (χ1n) is 1.04. The predicted molar refractivity (Wildman–Crippen MR) is 15.8 cm³/mol. The zero-order chi connectivity index (χ0) is 5.91. The summed E-state index contributed by atoms with van der Waals surface area (Å²) in [6.45, 7) is 0. The molecule has 2 N–H and O–H groups in total. The summed E-state index contributed by atoms with van der Waals surface area (Å²) in [7, 11) is -4.38. The van der Waals surface area contributed by atoms with Crippen molar-refractivity contribution in [3.05, 3.63) is 0 Å². The number of hydrogen-bond acceptors (Lipinski definition) is 4. The molecule has 0 saturated heterocycles. The third-order valence-corrected chi connectivity index (χ3v) is 0.642. The fourth-order valence-corrected chi connectivity index (χ4v) is 0.412. The normalized spacial score (nSPS) is 11.9. The zero-order valence-electron chi connectivity index (χ0n) is 2.90. The third kappa shape index (κ3) is 6.32. The molecule has 0 amide bonds. The Bertz CT molecular complexity index is 125. The summed E-state index contributed by atoms with van der Waals surface area (Å²) >= 11 is 3.53. The fourth-order valence-electron chi connectivity index (χ4n) is 0.0333. The molecule has 0 radical (unpaired) electrons. The van der Waals surface area contributed by atoms with Gasteiger partial charge in [0, 0.05) is 0 Å². The summed E-state index contributed by atoms with van der Waals surface area (Å²) in [5, 5.41) is 0. The summed E-state index contributed by atoms with van der Waals surface area (Å²) in [6.07, 6.45) is 0. The SMILES string of the molecule is O=S(=O)(O)O[NH][Ni]. The maximum atomic E-state index is 9.44. The minimum absolute atomic E-state index is 1.39. The Kier molecular flexibility index (Phi) is 2.71. The van der Waals surface area contributed by atoms with Gasteiger partial charge in [-0.15, -0.1) is 0 Å². The molecule has 0 bridgehead atoms. The number of hydrogen-bond donors (Lipinski definition) is 2. The monoisotopic (exact) mass is 170 g/mol. The molecule has 0 fully saturated rings. The van der Waals surface area contributed by atoms with Crippen LogP contribution >= 0.6 is 0 Å². The van der Waals surface area contributed by atoms with E-state index in [0.717, 1.165) is 0 Å². The summed E-state index contributed by atoms with van der Waals surface area (Å²) in [6, 6.07) is 0. The summed E-state index contributed by atoms with van der Waals surface area (Å²) < 4.78 is 31.3. The van der Waals surface area contributed by atoms with Crippen molar-refractivity contribution in [2.75, 3.05) is 0 Å². The van der Waals surface area contributed by atoms with Crippen LogP contribution in [-0.2, 0) is 30.4 Å². The van der Waals surface area contributed by atoms with Crippen molar-refractivity contribution >= 4 is 10.4 Å². The van der Waals surface area contributed by atoms with Crippen molar-refractivity contribution in [3.63, 3.8) is 0 Å². The molecular formula is H2NNiO4S. The Hall–Kier alpha value is 0.324. The van der Waals surface area contributed by atoms with Gasteiger partial charge in [-0.25, -0.2) is 0 Å². The zero-order valence-corrected chi connectivity index (χ0v) is 4.70. The molecule has 0 unspecified atom stereocenters. The van der Waals surface area contributed by atoms with E-state index in [-0.39, 0.29) is 0 Å². The van der Waals surface area contributed by atoms with Gasteiger partial charge in [0.25, 0.3) is 0 Å². The Labute approximate surface area is 48.5 Å². The van der Waals surface area contributed by atoms with Crippen LogP contribution in [0.5, 0.6) is 0 Å². The van der Waals surface area contributed by atoms with Crippen LogP contribution in [0.1, 0.15) is 0 Å². The van der Waals surface area contributed by atoms with Crippen LogP contribution < -0.4 is 4.56 Å². The molecule has 5 nitrogen and oxygen atoms in total. The number of nitrogens with one attached hydrogen (secondary N) is 1. The molecule has 0 rings (SSSR count). The average molecular weight is 171 g/mol. The van der Waals surface area contributed by atoms with Crippen LogP contribution in [0.2, 0.25) is 0 Å². The first kappa shape index (κ1) is 7.32. The van der Waals surface area contributed by atoms with Crippen molar-refractivity contribution in [3.8, 4) is 0 Å². The van der Waals surface area contributed by atoms with Gasteiger partial charge in [-0.05, 0) is 0 Å². The van der Waals surface area contributed by atoms with E-state index in [1.165, 1.54) is 4.56 Å². The Morgan fingerprint density at radius 1 is 1.71 bits per heavy atom. The van der Waals surface area contributed by atoms with E-state index in [4.69, 9.17) is 4.55 Å². The second-order valence-electron chi connectivity index (χ2n) is 0.576. The van der Waals surface area contributed by atoms with Gasteiger partial charge in [0.1, 0.15) is 0 Å². The van der Waals surface area contributed by atoms with Crippen LogP contribution in [0.25, 0.3) is 0 Å². The molecule has 0 aromatic carbocycles. The molecule has 0 aliphatic rings. The summed E-state index contributed by atoms with van der Waals surface area (Å²) in [4.78, 5) is 0. The average Bonchev–Trinajstić information content (AvgIpc) is 1.30.